The van der Waals surface area contributed by atoms with Gasteiger partial charge < -0.3 is 10.2 Å². The number of sulfonamides is 1. The summed E-state index contributed by atoms with van der Waals surface area (Å²) in [6, 6.07) is 7.23. The molecule has 0 fully saturated rings. The fourth-order valence-electron chi connectivity index (χ4n) is 3.35. The predicted molar refractivity (Wildman–Crippen MR) is 128 cm³/mol. The molecular formula is C23H33N3O4S2. The molecule has 0 bridgehead atoms. The molecule has 1 atom stereocenters. The summed E-state index contributed by atoms with van der Waals surface area (Å²) in [5, 5.41) is 4.80. The first-order valence-electron chi connectivity index (χ1n) is 10.7. The number of hydrogen-bond donors (Lipinski definition) is 1. The lowest BCUT2D eigenvalue weighted by Gasteiger charge is -2.27. The highest BCUT2D eigenvalue weighted by atomic mass is 32.2. The Morgan fingerprint density at radius 2 is 1.78 bits per heavy atom. The number of rotatable bonds is 10. The number of benzene rings is 1. The molecule has 1 aromatic heterocycles. The largest absolute Gasteiger partial charge is 0.340 e. The van der Waals surface area contributed by atoms with E-state index in [9.17, 15) is 18.0 Å². The Morgan fingerprint density at radius 3 is 2.31 bits per heavy atom. The Bertz CT molecular complexity index is 1040. The minimum Gasteiger partial charge on any atom is -0.340 e. The molecule has 9 heteroatoms. The van der Waals surface area contributed by atoms with Gasteiger partial charge in [-0.15, -0.1) is 11.3 Å². The van der Waals surface area contributed by atoms with Crippen molar-refractivity contribution in [3.05, 3.63) is 51.7 Å². The Balaban J connectivity index is 2.21. The number of likely N-dealkylation sites (N-methyl/N-ethyl adjacent to an activating group) is 1. The first-order chi connectivity index (χ1) is 15.0. The van der Waals surface area contributed by atoms with Crippen LogP contribution in [0.2, 0.25) is 0 Å². The molecule has 0 aliphatic rings. The smallest absolute Gasteiger partial charge is 0.251 e. The van der Waals surface area contributed by atoms with Crippen molar-refractivity contribution in [2.45, 2.75) is 52.1 Å². The van der Waals surface area contributed by atoms with E-state index < -0.39 is 22.0 Å². The zero-order chi connectivity index (χ0) is 24.1. The summed E-state index contributed by atoms with van der Waals surface area (Å²) >= 11 is 1.59. The van der Waals surface area contributed by atoms with Crippen LogP contribution in [0.15, 0.2) is 40.6 Å². The standard InChI is InChI=1S/C23H33N3O4S2/c1-7-26(8-2)32(29,30)19-11-9-10-18(14-19)22(27)24-21(16(3)4)23(28)25(6)15-20-17(5)12-13-31-20/h9-14,16,21H,7-8,15H2,1-6H3,(H,24,27)/t21-/m0/s1. The highest BCUT2D eigenvalue weighted by molar-refractivity contribution is 7.89. The van der Waals surface area contributed by atoms with Gasteiger partial charge in [0.2, 0.25) is 15.9 Å². The van der Waals surface area contributed by atoms with Crippen molar-refractivity contribution in [2.75, 3.05) is 20.1 Å². The van der Waals surface area contributed by atoms with Gasteiger partial charge in [0.15, 0.2) is 0 Å². The van der Waals surface area contributed by atoms with E-state index in [0.29, 0.717) is 19.6 Å². The first kappa shape index (κ1) is 26.0. The van der Waals surface area contributed by atoms with Crippen LogP contribution < -0.4 is 5.32 Å². The molecule has 0 saturated heterocycles. The van der Waals surface area contributed by atoms with Crippen molar-refractivity contribution in [3.8, 4) is 0 Å². The van der Waals surface area contributed by atoms with Crippen molar-refractivity contribution >= 4 is 33.2 Å². The fraction of sp³-hybridized carbons (Fsp3) is 0.478. The van der Waals surface area contributed by atoms with Gasteiger partial charge in [0.1, 0.15) is 6.04 Å². The number of aryl methyl sites for hydroxylation is 1. The lowest BCUT2D eigenvalue weighted by molar-refractivity contribution is -0.133. The van der Waals surface area contributed by atoms with Crippen molar-refractivity contribution in [1.29, 1.82) is 0 Å². The van der Waals surface area contributed by atoms with Crippen molar-refractivity contribution < 1.29 is 18.0 Å². The molecule has 2 rings (SSSR count). The summed E-state index contributed by atoms with van der Waals surface area (Å²) in [4.78, 5) is 28.8. The van der Waals surface area contributed by atoms with Crippen LogP contribution in [-0.2, 0) is 21.4 Å². The maximum absolute atomic E-state index is 13.1. The Morgan fingerprint density at radius 1 is 1.12 bits per heavy atom. The zero-order valence-electron chi connectivity index (χ0n) is 19.6. The Labute approximate surface area is 195 Å². The van der Waals surface area contributed by atoms with E-state index in [1.165, 1.54) is 16.4 Å². The maximum Gasteiger partial charge on any atom is 0.251 e. The summed E-state index contributed by atoms with van der Waals surface area (Å²) in [6.45, 7) is 10.4. The topological polar surface area (TPSA) is 86.8 Å². The van der Waals surface area contributed by atoms with Crippen LogP contribution in [0.1, 0.15) is 48.5 Å². The minimum absolute atomic E-state index is 0.0616. The molecule has 1 heterocycles. The molecule has 2 amide bonds. The van der Waals surface area contributed by atoms with Crippen LogP contribution in [0.25, 0.3) is 0 Å². The lowest BCUT2D eigenvalue weighted by atomic mass is 10.0. The third-order valence-electron chi connectivity index (χ3n) is 5.38. The van der Waals surface area contributed by atoms with Gasteiger partial charge >= 0.3 is 0 Å². The minimum atomic E-state index is -3.69. The summed E-state index contributed by atoms with van der Waals surface area (Å²) in [5.74, 6) is -0.802. The fourth-order valence-corrected chi connectivity index (χ4v) is 5.81. The van der Waals surface area contributed by atoms with Gasteiger partial charge in [-0.05, 0) is 48.1 Å². The quantitative estimate of drug-likeness (QED) is 0.565. The van der Waals surface area contributed by atoms with Crippen LogP contribution in [0, 0.1) is 12.8 Å². The molecule has 0 saturated carbocycles. The van der Waals surface area contributed by atoms with Gasteiger partial charge in [-0.25, -0.2) is 8.42 Å². The molecule has 0 aliphatic carbocycles. The summed E-state index contributed by atoms with van der Waals surface area (Å²) in [6.07, 6.45) is 0. The van der Waals surface area contributed by atoms with E-state index in [1.807, 2.05) is 32.2 Å². The lowest BCUT2D eigenvalue weighted by Crippen LogP contribution is -2.50. The SMILES string of the molecule is CCN(CC)S(=O)(=O)c1cccc(C(=O)N[C@H](C(=O)N(C)Cc2sccc2C)C(C)C)c1. The summed E-state index contributed by atoms with van der Waals surface area (Å²) in [5.41, 5.74) is 1.33. The molecule has 0 unspecified atom stereocenters. The second-order valence-corrected chi connectivity index (χ2v) is 11.0. The normalized spacial score (nSPS) is 12.8. The molecule has 32 heavy (non-hydrogen) atoms. The molecule has 2 aromatic rings. The van der Waals surface area contributed by atoms with Crippen molar-refractivity contribution in [3.63, 3.8) is 0 Å². The highest BCUT2D eigenvalue weighted by Crippen LogP contribution is 2.20. The molecule has 1 N–H and O–H groups in total. The van der Waals surface area contributed by atoms with E-state index in [2.05, 4.69) is 5.32 Å². The molecule has 7 nitrogen and oxygen atoms in total. The average molecular weight is 480 g/mol. The number of thiophene rings is 1. The monoisotopic (exact) mass is 479 g/mol. The van der Waals surface area contributed by atoms with Crippen molar-refractivity contribution in [1.82, 2.24) is 14.5 Å². The summed E-state index contributed by atoms with van der Waals surface area (Å²) < 4.78 is 27.0. The molecule has 0 spiro atoms. The van der Waals surface area contributed by atoms with Crippen LogP contribution in [-0.4, -0.2) is 55.6 Å². The molecule has 176 valence electrons. The van der Waals surface area contributed by atoms with E-state index in [4.69, 9.17) is 0 Å². The number of carbonyl (C=O) groups excluding carboxylic acids is 2. The van der Waals surface area contributed by atoms with E-state index in [0.717, 1.165) is 10.4 Å². The maximum atomic E-state index is 13.1. The number of hydrogen-bond acceptors (Lipinski definition) is 5. The Hall–Kier alpha value is -2.23. The number of nitrogens with zero attached hydrogens (tertiary/aromatic N) is 2. The molecule has 1 aromatic carbocycles. The van der Waals surface area contributed by atoms with Crippen LogP contribution in [0.5, 0.6) is 0 Å². The highest BCUT2D eigenvalue weighted by Gasteiger charge is 2.29. The number of carbonyl (C=O) groups is 2. The molecule has 0 aliphatic heterocycles. The van der Waals surface area contributed by atoms with E-state index >= 15 is 0 Å². The second kappa shape index (κ2) is 11.1. The molecule has 0 radical (unpaired) electrons. The van der Waals surface area contributed by atoms with E-state index in [-0.39, 0.29) is 22.3 Å². The van der Waals surface area contributed by atoms with Gasteiger partial charge in [0.05, 0.1) is 11.4 Å². The van der Waals surface area contributed by atoms with Gasteiger partial charge in [-0.2, -0.15) is 4.31 Å². The Kier molecular flexibility index (Phi) is 9.00. The summed E-state index contributed by atoms with van der Waals surface area (Å²) in [7, 11) is -1.96. The van der Waals surface area contributed by atoms with Gasteiger partial charge in [-0.1, -0.05) is 33.8 Å². The van der Waals surface area contributed by atoms with Crippen LogP contribution in [0.3, 0.4) is 0 Å². The zero-order valence-corrected chi connectivity index (χ0v) is 21.2. The predicted octanol–water partition coefficient (Wildman–Crippen LogP) is 3.50. The third kappa shape index (κ3) is 5.96. The van der Waals surface area contributed by atoms with Gasteiger partial charge in [0.25, 0.3) is 5.91 Å². The van der Waals surface area contributed by atoms with Crippen LogP contribution >= 0.6 is 11.3 Å². The van der Waals surface area contributed by atoms with Gasteiger partial charge in [-0.3, -0.25) is 9.59 Å². The van der Waals surface area contributed by atoms with Gasteiger partial charge in [0, 0.05) is 30.6 Å². The molecular weight excluding hydrogens is 446 g/mol. The average Bonchev–Trinajstić information content (AvgIpc) is 3.16. The second-order valence-electron chi connectivity index (χ2n) is 8.03. The number of nitrogens with one attached hydrogen (secondary N) is 1. The number of amides is 2. The van der Waals surface area contributed by atoms with Crippen LogP contribution in [0.4, 0.5) is 0 Å². The van der Waals surface area contributed by atoms with E-state index in [1.54, 1.807) is 49.3 Å². The van der Waals surface area contributed by atoms with Crippen molar-refractivity contribution in [2.24, 2.45) is 5.92 Å². The third-order valence-corrected chi connectivity index (χ3v) is 8.44. The first-order valence-corrected chi connectivity index (χ1v) is 13.0.